The number of nitrogens with zero attached hydrogens (tertiary/aromatic N) is 1. The van der Waals surface area contributed by atoms with Crippen LogP contribution < -0.4 is 5.32 Å². The average molecular weight is 240 g/mol. The Labute approximate surface area is 107 Å². The fourth-order valence-corrected chi connectivity index (χ4v) is 2.67. The smallest absolute Gasteiger partial charge is 0.233 e. The van der Waals surface area contributed by atoms with Gasteiger partial charge in [-0.05, 0) is 18.6 Å². The molecule has 2 aliphatic rings. The molecule has 0 radical (unpaired) electrons. The second-order valence-electron chi connectivity index (χ2n) is 4.81. The maximum Gasteiger partial charge on any atom is 0.233 e. The average Bonchev–Trinajstić information content (AvgIpc) is 2.70. The minimum absolute atomic E-state index is 0.0429. The highest BCUT2D eigenvalue weighted by molar-refractivity contribution is 5.84. The molecule has 3 rings (SSSR count). The molecule has 18 heavy (non-hydrogen) atoms. The van der Waals surface area contributed by atoms with E-state index in [9.17, 15) is 4.79 Å². The van der Waals surface area contributed by atoms with Gasteiger partial charge in [0.15, 0.2) is 0 Å². The molecule has 2 heterocycles. The number of fused-ring (bicyclic) bond motifs is 1. The number of hydrogen-bond donors (Lipinski definition) is 1. The number of carbonyl (C=O) groups excluding carboxylic acids is 1. The van der Waals surface area contributed by atoms with Gasteiger partial charge in [-0.2, -0.15) is 0 Å². The molecule has 0 bridgehead atoms. The van der Waals surface area contributed by atoms with Crippen LogP contribution >= 0.6 is 0 Å². The minimum atomic E-state index is -0.0429. The van der Waals surface area contributed by atoms with Gasteiger partial charge in [0, 0.05) is 18.4 Å². The van der Waals surface area contributed by atoms with E-state index in [1.165, 1.54) is 11.3 Å². The molecular weight excluding hydrogens is 224 g/mol. The quantitative estimate of drug-likeness (QED) is 0.858. The maximum atomic E-state index is 11.8. The highest BCUT2D eigenvalue weighted by Crippen LogP contribution is 2.31. The number of carbonyl (C=O) groups is 1. The molecule has 0 aliphatic carbocycles. The molecule has 2 aliphatic heterocycles. The van der Waals surface area contributed by atoms with Crippen LogP contribution in [0.15, 0.2) is 54.4 Å². The third kappa shape index (κ3) is 1.82. The van der Waals surface area contributed by atoms with Gasteiger partial charge in [0.2, 0.25) is 5.91 Å². The largest absolute Gasteiger partial charge is 0.363 e. The molecule has 1 unspecified atom stereocenters. The van der Waals surface area contributed by atoms with Crippen molar-refractivity contribution >= 4 is 5.91 Å². The Morgan fingerprint density at radius 1 is 1.28 bits per heavy atom. The van der Waals surface area contributed by atoms with E-state index in [4.69, 9.17) is 0 Å². The molecule has 3 nitrogen and oxygen atoms in total. The molecule has 2 atom stereocenters. The van der Waals surface area contributed by atoms with Gasteiger partial charge >= 0.3 is 0 Å². The summed E-state index contributed by atoms with van der Waals surface area (Å²) in [5, 5.41) is 2.77. The summed E-state index contributed by atoms with van der Waals surface area (Å²) in [6, 6.07) is 10.5. The molecule has 1 amide bonds. The molecule has 92 valence electrons. The molecule has 1 aromatic rings. The van der Waals surface area contributed by atoms with Crippen molar-refractivity contribution < 1.29 is 4.79 Å². The molecule has 0 saturated carbocycles. The van der Waals surface area contributed by atoms with E-state index in [1.54, 1.807) is 6.20 Å². The van der Waals surface area contributed by atoms with Gasteiger partial charge in [-0.1, -0.05) is 36.4 Å². The highest BCUT2D eigenvalue weighted by atomic mass is 16.1. The zero-order valence-corrected chi connectivity index (χ0v) is 10.3. The van der Waals surface area contributed by atoms with Gasteiger partial charge in [0.05, 0.1) is 12.0 Å². The molecule has 1 aromatic carbocycles. The Morgan fingerprint density at radius 3 is 2.83 bits per heavy atom. The predicted molar refractivity (Wildman–Crippen MR) is 70.3 cm³/mol. The summed E-state index contributed by atoms with van der Waals surface area (Å²) in [5.74, 6) is 0.0520. The lowest BCUT2D eigenvalue weighted by molar-refractivity contribution is -0.123. The third-order valence-electron chi connectivity index (χ3n) is 3.62. The second kappa shape index (κ2) is 4.33. The van der Waals surface area contributed by atoms with E-state index in [0.717, 1.165) is 6.54 Å². The lowest BCUT2D eigenvalue weighted by atomic mass is 9.98. The van der Waals surface area contributed by atoms with Crippen molar-refractivity contribution in [3.8, 4) is 0 Å². The summed E-state index contributed by atoms with van der Waals surface area (Å²) in [6.07, 6.45) is 5.89. The third-order valence-corrected chi connectivity index (χ3v) is 3.62. The first-order valence-electron chi connectivity index (χ1n) is 6.22. The van der Waals surface area contributed by atoms with Crippen LogP contribution in [0, 0.1) is 5.92 Å². The Balaban J connectivity index is 1.85. The van der Waals surface area contributed by atoms with Crippen molar-refractivity contribution in [2.45, 2.75) is 19.5 Å². The normalized spacial score (nSPS) is 25.7. The van der Waals surface area contributed by atoms with Gasteiger partial charge in [0.1, 0.15) is 0 Å². The van der Waals surface area contributed by atoms with Gasteiger partial charge < -0.3 is 10.2 Å². The van der Waals surface area contributed by atoms with Crippen LogP contribution in [0.4, 0.5) is 0 Å². The zero-order chi connectivity index (χ0) is 12.5. The van der Waals surface area contributed by atoms with E-state index in [2.05, 4.69) is 41.4 Å². The number of benzene rings is 1. The minimum Gasteiger partial charge on any atom is -0.363 e. The molecule has 0 saturated heterocycles. The van der Waals surface area contributed by atoms with E-state index >= 15 is 0 Å². The van der Waals surface area contributed by atoms with E-state index in [-0.39, 0.29) is 17.9 Å². The predicted octanol–water partition coefficient (Wildman–Crippen LogP) is 2.03. The van der Waals surface area contributed by atoms with Crippen molar-refractivity contribution in [1.82, 2.24) is 10.2 Å². The van der Waals surface area contributed by atoms with E-state index in [1.807, 2.05) is 18.2 Å². The van der Waals surface area contributed by atoms with Crippen molar-refractivity contribution in [3.63, 3.8) is 0 Å². The van der Waals surface area contributed by atoms with Crippen molar-refractivity contribution in [2.75, 3.05) is 0 Å². The lowest BCUT2D eigenvalue weighted by Gasteiger charge is -2.31. The van der Waals surface area contributed by atoms with Crippen molar-refractivity contribution in [2.24, 2.45) is 5.92 Å². The Hall–Kier alpha value is -2.03. The van der Waals surface area contributed by atoms with Crippen LogP contribution in [0.2, 0.25) is 0 Å². The first kappa shape index (κ1) is 11.1. The number of hydrogen-bond acceptors (Lipinski definition) is 2. The monoisotopic (exact) mass is 240 g/mol. The second-order valence-corrected chi connectivity index (χ2v) is 4.81. The summed E-state index contributed by atoms with van der Waals surface area (Å²) in [7, 11) is 0. The molecule has 1 N–H and O–H groups in total. The topological polar surface area (TPSA) is 32.3 Å². The SMILES string of the molecule is CC1=CC2C(=O)NC=C[C@@H]2N1Cc1ccccc1. The number of nitrogens with one attached hydrogen (secondary N) is 1. The summed E-state index contributed by atoms with van der Waals surface area (Å²) < 4.78 is 0. The highest BCUT2D eigenvalue weighted by Gasteiger charge is 2.36. The number of allylic oxidation sites excluding steroid dienone is 1. The zero-order valence-electron chi connectivity index (χ0n) is 10.3. The van der Waals surface area contributed by atoms with E-state index in [0.29, 0.717) is 0 Å². The first-order valence-corrected chi connectivity index (χ1v) is 6.22. The maximum absolute atomic E-state index is 11.8. The first-order chi connectivity index (χ1) is 8.75. The summed E-state index contributed by atoms with van der Waals surface area (Å²) in [5.41, 5.74) is 2.45. The molecule has 0 fully saturated rings. The van der Waals surface area contributed by atoms with Crippen molar-refractivity contribution in [1.29, 1.82) is 0 Å². The van der Waals surface area contributed by atoms with Crippen LogP contribution in [-0.2, 0) is 11.3 Å². The van der Waals surface area contributed by atoms with E-state index < -0.39 is 0 Å². The lowest BCUT2D eigenvalue weighted by Crippen LogP contribution is -2.41. The Morgan fingerprint density at radius 2 is 2.06 bits per heavy atom. The van der Waals surface area contributed by atoms with Gasteiger partial charge in [-0.25, -0.2) is 0 Å². The van der Waals surface area contributed by atoms with Gasteiger partial charge in [-0.3, -0.25) is 4.79 Å². The molecule has 3 heteroatoms. The van der Waals surface area contributed by atoms with Crippen LogP contribution in [0.1, 0.15) is 12.5 Å². The molecular formula is C15H16N2O. The van der Waals surface area contributed by atoms with Gasteiger partial charge in [-0.15, -0.1) is 0 Å². The van der Waals surface area contributed by atoms with Crippen LogP contribution in [0.25, 0.3) is 0 Å². The molecule has 0 spiro atoms. The summed E-state index contributed by atoms with van der Waals surface area (Å²) in [6.45, 7) is 2.92. The molecule has 0 aromatic heterocycles. The fraction of sp³-hybridized carbons (Fsp3) is 0.267. The number of rotatable bonds is 2. The standard InChI is InChI=1S/C15H16N2O/c1-11-9-13-14(7-8-16-15(13)18)17(11)10-12-5-3-2-4-6-12/h2-9,13-14H,10H2,1H3,(H,16,18)/t13?,14-/m0/s1. The summed E-state index contributed by atoms with van der Waals surface area (Å²) >= 11 is 0. The van der Waals surface area contributed by atoms with Gasteiger partial charge in [0.25, 0.3) is 0 Å². The Kier molecular flexibility index (Phi) is 2.67. The van der Waals surface area contributed by atoms with Crippen LogP contribution in [0.5, 0.6) is 0 Å². The van der Waals surface area contributed by atoms with Crippen LogP contribution in [-0.4, -0.2) is 16.8 Å². The Bertz CT molecular complexity index is 519. The fourth-order valence-electron chi connectivity index (χ4n) is 2.67. The van der Waals surface area contributed by atoms with Crippen LogP contribution in [0.3, 0.4) is 0 Å². The van der Waals surface area contributed by atoms with Crippen molar-refractivity contribution in [3.05, 3.63) is 59.9 Å². The number of amides is 1. The summed E-state index contributed by atoms with van der Waals surface area (Å²) in [4.78, 5) is 14.1.